The molecule has 0 atom stereocenters. The van der Waals surface area contributed by atoms with Gasteiger partial charge in [0.15, 0.2) is 0 Å². The SMILES string of the molecule is C1=CC(=C2SCCS2)CC1. The van der Waals surface area contributed by atoms with Crippen molar-refractivity contribution in [2.45, 2.75) is 12.8 Å². The molecule has 10 heavy (non-hydrogen) atoms. The summed E-state index contributed by atoms with van der Waals surface area (Å²) in [5.41, 5.74) is 1.59. The number of hydrogen-bond donors (Lipinski definition) is 0. The first kappa shape index (κ1) is 6.86. The Bertz CT molecular complexity index is 183. The molecule has 1 fully saturated rings. The van der Waals surface area contributed by atoms with Crippen LogP contribution in [0.5, 0.6) is 0 Å². The zero-order chi connectivity index (χ0) is 6.81. The molecule has 0 spiro atoms. The van der Waals surface area contributed by atoms with E-state index in [1.54, 1.807) is 9.81 Å². The Hall–Kier alpha value is 0.180. The van der Waals surface area contributed by atoms with Crippen molar-refractivity contribution >= 4 is 23.5 Å². The average molecular weight is 170 g/mol. The highest BCUT2D eigenvalue weighted by Gasteiger charge is 2.13. The van der Waals surface area contributed by atoms with Gasteiger partial charge in [-0.2, -0.15) is 0 Å². The van der Waals surface area contributed by atoms with Crippen LogP contribution in [0.4, 0.5) is 0 Å². The number of rotatable bonds is 0. The van der Waals surface area contributed by atoms with E-state index in [2.05, 4.69) is 12.2 Å². The number of allylic oxidation sites excluding steroid dienone is 3. The Balaban J connectivity index is 2.18. The molecule has 0 N–H and O–H groups in total. The minimum Gasteiger partial charge on any atom is -0.118 e. The van der Waals surface area contributed by atoms with Crippen LogP contribution in [0, 0.1) is 0 Å². The van der Waals surface area contributed by atoms with Gasteiger partial charge in [-0.15, -0.1) is 23.5 Å². The lowest BCUT2D eigenvalue weighted by Crippen LogP contribution is -1.72. The second-order valence-electron chi connectivity index (χ2n) is 2.45. The molecule has 2 aliphatic rings. The van der Waals surface area contributed by atoms with Gasteiger partial charge < -0.3 is 0 Å². The zero-order valence-corrected chi connectivity index (χ0v) is 7.43. The Kier molecular flexibility index (Phi) is 2.10. The smallest absolute Gasteiger partial charge is 0.0433 e. The van der Waals surface area contributed by atoms with Crippen molar-refractivity contribution in [2.24, 2.45) is 0 Å². The second-order valence-corrected chi connectivity index (χ2v) is 4.92. The van der Waals surface area contributed by atoms with Crippen LogP contribution >= 0.6 is 23.5 Å². The molecule has 0 aromatic carbocycles. The zero-order valence-electron chi connectivity index (χ0n) is 5.80. The van der Waals surface area contributed by atoms with Crippen molar-refractivity contribution in [3.05, 3.63) is 22.0 Å². The molecule has 1 heterocycles. The third-order valence-corrected chi connectivity index (χ3v) is 4.54. The predicted molar refractivity (Wildman–Crippen MR) is 50.3 cm³/mol. The lowest BCUT2D eigenvalue weighted by atomic mass is 10.3. The molecule has 2 heteroatoms. The second kappa shape index (κ2) is 3.05. The van der Waals surface area contributed by atoms with Crippen LogP contribution in [0.3, 0.4) is 0 Å². The summed E-state index contributed by atoms with van der Waals surface area (Å²) in [5.74, 6) is 2.63. The van der Waals surface area contributed by atoms with Crippen molar-refractivity contribution in [1.82, 2.24) is 0 Å². The lowest BCUT2D eigenvalue weighted by Gasteiger charge is -1.97. The summed E-state index contributed by atoms with van der Waals surface area (Å²) in [5, 5.41) is 0. The molecule has 1 aliphatic carbocycles. The molecule has 0 bridgehead atoms. The summed E-state index contributed by atoms with van der Waals surface area (Å²) in [6.07, 6.45) is 7.12. The Morgan fingerprint density at radius 1 is 1.20 bits per heavy atom. The number of hydrogen-bond acceptors (Lipinski definition) is 2. The minimum absolute atomic E-state index is 1.26. The predicted octanol–water partition coefficient (Wildman–Crippen LogP) is 3.03. The Morgan fingerprint density at radius 3 is 2.60 bits per heavy atom. The molecule has 0 aromatic heterocycles. The quantitative estimate of drug-likeness (QED) is 0.548. The molecule has 0 radical (unpaired) electrons. The minimum atomic E-state index is 1.26. The molecule has 0 amide bonds. The van der Waals surface area contributed by atoms with Crippen LogP contribution < -0.4 is 0 Å². The third kappa shape index (κ3) is 1.28. The molecule has 0 nitrogen and oxygen atoms in total. The highest BCUT2D eigenvalue weighted by Crippen LogP contribution is 2.41. The van der Waals surface area contributed by atoms with E-state index in [4.69, 9.17) is 0 Å². The maximum Gasteiger partial charge on any atom is 0.0433 e. The highest BCUT2D eigenvalue weighted by molar-refractivity contribution is 8.25. The van der Waals surface area contributed by atoms with Crippen LogP contribution in [0.2, 0.25) is 0 Å². The fraction of sp³-hybridized carbons (Fsp3) is 0.500. The molecule has 2 rings (SSSR count). The van der Waals surface area contributed by atoms with Crippen LogP contribution in [-0.4, -0.2) is 11.5 Å². The first-order valence-corrected chi connectivity index (χ1v) is 5.59. The van der Waals surface area contributed by atoms with E-state index in [1.807, 2.05) is 23.5 Å². The van der Waals surface area contributed by atoms with Gasteiger partial charge >= 0.3 is 0 Å². The molecule has 0 saturated carbocycles. The van der Waals surface area contributed by atoms with E-state index >= 15 is 0 Å². The molecule has 0 aromatic rings. The van der Waals surface area contributed by atoms with Gasteiger partial charge in [0.2, 0.25) is 0 Å². The normalized spacial score (nSPS) is 24.8. The first-order chi connectivity index (χ1) is 4.97. The monoisotopic (exact) mass is 170 g/mol. The third-order valence-electron chi connectivity index (χ3n) is 1.71. The van der Waals surface area contributed by atoms with Crippen LogP contribution in [0.1, 0.15) is 12.8 Å². The van der Waals surface area contributed by atoms with Gasteiger partial charge in [0.05, 0.1) is 0 Å². The van der Waals surface area contributed by atoms with Gasteiger partial charge in [0, 0.05) is 15.7 Å². The van der Waals surface area contributed by atoms with Crippen molar-refractivity contribution in [1.29, 1.82) is 0 Å². The fourth-order valence-corrected chi connectivity index (χ4v) is 3.80. The van der Waals surface area contributed by atoms with Gasteiger partial charge in [-0.05, 0) is 18.4 Å². The summed E-state index contributed by atoms with van der Waals surface area (Å²) >= 11 is 4.06. The number of thioether (sulfide) groups is 2. The lowest BCUT2D eigenvalue weighted by molar-refractivity contribution is 1.06. The molecule has 1 aliphatic heterocycles. The first-order valence-electron chi connectivity index (χ1n) is 3.62. The molecular formula is C8H10S2. The van der Waals surface area contributed by atoms with Crippen molar-refractivity contribution in [3.63, 3.8) is 0 Å². The summed E-state index contributed by atoms with van der Waals surface area (Å²) < 4.78 is 1.59. The van der Waals surface area contributed by atoms with E-state index < -0.39 is 0 Å². The molecule has 1 saturated heterocycles. The standard InChI is InChI=1S/C8H10S2/c1-2-4-7(3-1)8-9-5-6-10-8/h1,3H,2,4-6H2. The van der Waals surface area contributed by atoms with Gasteiger partial charge in [-0.25, -0.2) is 0 Å². The average Bonchev–Trinajstić information content (AvgIpc) is 2.59. The van der Waals surface area contributed by atoms with E-state index in [9.17, 15) is 0 Å². The maximum atomic E-state index is 2.29. The van der Waals surface area contributed by atoms with Gasteiger partial charge in [0.25, 0.3) is 0 Å². The van der Waals surface area contributed by atoms with E-state index in [-0.39, 0.29) is 0 Å². The summed E-state index contributed by atoms with van der Waals surface area (Å²) in [6.45, 7) is 0. The largest absolute Gasteiger partial charge is 0.118 e. The van der Waals surface area contributed by atoms with Crippen LogP contribution in [0.15, 0.2) is 22.0 Å². The molecule has 54 valence electrons. The summed E-state index contributed by atoms with van der Waals surface area (Å²) in [4.78, 5) is 0. The van der Waals surface area contributed by atoms with Crippen molar-refractivity contribution < 1.29 is 0 Å². The van der Waals surface area contributed by atoms with Gasteiger partial charge in [-0.1, -0.05) is 12.2 Å². The molecule has 0 unspecified atom stereocenters. The van der Waals surface area contributed by atoms with Crippen LogP contribution in [0.25, 0.3) is 0 Å². The Labute approximate surface area is 70.1 Å². The fourth-order valence-electron chi connectivity index (χ4n) is 1.21. The van der Waals surface area contributed by atoms with E-state index in [0.717, 1.165) is 0 Å². The molecular weight excluding hydrogens is 160 g/mol. The Morgan fingerprint density at radius 2 is 2.00 bits per heavy atom. The highest BCUT2D eigenvalue weighted by atomic mass is 32.2. The van der Waals surface area contributed by atoms with E-state index in [1.165, 1.54) is 24.3 Å². The van der Waals surface area contributed by atoms with Crippen LogP contribution in [-0.2, 0) is 0 Å². The van der Waals surface area contributed by atoms with Crippen molar-refractivity contribution in [3.8, 4) is 0 Å². The summed E-state index contributed by atoms with van der Waals surface area (Å²) in [6, 6.07) is 0. The topological polar surface area (TPSA) is 0 Å². The summed E-state index contributed by atoms with van der Waals surface area (Å²) in [7, 11) is 0. The maximum absolute atomic E-state index is 2.29. The van der Waals surface area contributed by atoms with Gasteiger partial charge in [-0.3, -0.25) is 0 Å². The van der Waals surface area contributed by atoms with Crippen molar-refractivity contribution in [2.75, 3.05) is 11.5 Å². The van der Waals surface area contributed by atoms with Gasteiger partial charge in [0.1, 0.15) is 0 Å². The van der Waals surface area contributed by atoms with E-state index in [0.29, 0.717) is 0 Å².